The third-order valence-corrected chi connectivity index (χ3v) is 2.40. The van der Waals surface area contributed by atoms with Crippen molar-refractivity contribution in [3.05, 3.63) is 42.3 Å². The minimum atomic E-state index is 0.694. The number of benzene rings is 1. The lowest BCUT2D eigenvalue weighted by molar-refractivity contribution is 0.533. The third kappa shape index (κ3) is 1.62. The van der Waals surface area contributed by atoms with Gasteiger partial charge < -0.3 is 0 Å². The molecule has 1 N–H and O–H groups in total. The van der Waals surface area contributed by atoms with Crippen LogP contribution in [0.5, 0.6) is 0 Å². The number of piperidine rings is 1. The van der Waals surface area contributed by atoms with Crippen molar-refractivity contribution < 1.29 is 0 Å². The number of hydrogen-bond donors (Lipinski definition) is 1. The summed E-state index contributed by atoms with van der Waals surface area (Å²) in [5.74, 6) is 0.694. The molecule has 1 aromatic rings. The Hall–Kier alpha value is -0.950. The first-order chi connectivity index (χ1) is 5.97. The molecule has 2 rings (SSSR count). The van der Waals surface area contributed by atoms with Gasteiger partial charge in [0.1, 0.15) is 6.54 Å². The summed E-state index contributed by atoms with van der Waals surface area (Å²) in [6.07, 6.45) is 3.54. The Balaban J connectivity index is 2.08. The average molecular weight is 160 g/mol. The second-order valence-electron chi connectivity index (χ2n) is 3.29. The molecule has 0 spiro atoms. The molecule has 12 heavy (non-hydrogen) atoms. The van der Waals surface area contributed by atoms with Gasteiger partial charge in [0, 0.05) is 12.5 Å². The summed E-state index contributed by atoms with van der Waals surface area (Å²) in [6, 6.07) is 10.7. The molecule has 1 aromatic carbocycles. The number of hydrogen-bond acceptors (Lipinski definition) is 1. The predicted octanol–water partition coefficient (Wildman–Crippen LogP) is 1.97. The van der Waals surface area contributed by atoms with Gasteiger partial charge in [-0.2, -0.15) is 0 Å². The monoisotopic (exact) mass is 160 g/mol. The quantitative estimate of drug-likeness (QED) is 0.619. The van der Waals surface area contributed by atoms with E-state index in [0.717, 1.165) is 13.1 Å². The Kier molecular flexibility index (Phi) is 2.33. The lowest BCUT2D eigenvalue weighted by atomic mass is 9.92. The van der Waals surface area contributed by atoms with Gasteiger partial charge in [-0.05, 0) is 5.56 Å². The SMILES string of the molecule is c1ccc(C2C[CH+]CNC2)cc1. The summed E-state index contributed by atoms with van der Waals surface area (Å²) in [7, 11) is 0. The first-order valence-electron chi connectivity index (χ1n) is 4.54. The van der Waals surface area contributed by atoms with E-state index in [0.29, 0.717) is 5.92 Å². The summed E-state index contributed by atoms with van der Waals surface area (Å²) in [6.45, 7) is 2.20. The van der Waals surface area contributed by atoms with Crippen LogP contribution in [0.2, 0.25) is 0 Å². The van der Waals surface area contributed by atoms with Crippen molar-refractivity contribution in [1.29, 1.82) is 0 Å². The molecule has 0 radical (unpaired) electrons. The zero-order chi connectivity index (χ0) is 8.23. The van der Waals surface area contributed by atoms with Gasteiger partial charge in [0.05, 0.1) is 12.8 Å². The summed E-state index contributed by atoms with van der Waals surface area (Å²) < 4.78 is 0. The lowest BCUT2D eigenvalue weighted by Gasteiger charge is -2.17. The summed E-state index contributed by atoms with van der Waals surface area (Å²) in [5, 5.41) is 3.38. The Labute approximate surface area is 73.8 Å². The number of nitrogens with one attached hydrogen (secondary N) is 1. The zero-order valence-corrected chi connectivity index (χ0v) is 7.16. The maximum absolute atomic E-state index is 3.38. The first-order valence-corrected chi connectivity index (χ1v) is 4.54. The molecule has 1 heterocycles. The summed E-state index contributed by atoms with van der Waals surface area (Å²) in [5.41, 5.74) is 1.46. The van der Waals surface area contributed by atoms with Gasteiger partial charge in [-0.1, -0.05) is 30.3 Å². The van der Waals surface area contributed by atoms with Crippen LogP contribution in [0.3, 0.4) is 0 Å². The third-order valence-electron chi connectivity index (χ3n) is 2.40. The van der Waals surface area contributed by atoms with Crippen LogP contribution in [0.1, 0.15) is 17.9 Å². The average Bonchev–Trinajstić information content (AvgIpc) is 2.21. The van der Waals surface area contributed by atoms with E-state index in [9.17, 15) is 0 Å². The zero-order valence-electron chi connectivity index (χ0n) is 7.16. The van der Waals surface area contributed by atoms with Crippen LogP contribution in [0, 0.1) is 6.42 Å². The van der Waals surface area contributed by atoms with Crippen molar-refractivity contribution in [1.82, 2.24) is 5.32 Å². The molecule has 0 aromatic heterocycles. The highest BCUT2D eigenvalue weighted by Gasteiger charge is 2.19. The molecule has 0 aliphatic carbocycles. The molecule has 1 fully saturated rings. The molecule has 1 atom stereocenters. The van der Waals surface area contributed by atoms with Gasteiger partial charge in [0.25, 0.3) is 0 Å². The van der Waals surface area contributed by atoms with E-state index in [1.165, 1.54) is 12.0 Å². The Morgan fingerprint density at radius 3 is 2.75 bits per heavy atom. The molecular weight excluding hydrogens is 146 g/mol. The molecule has 0 amide bonds. The minimum Gasteiger partial charge on any atom is -0.278 e. The van der Waals surface area contributed by atoms with E-state index in [4.69, 9.17) is 0 Å². The van der Waals surface area contributed by atoms with Crippen molar-refractivity contribution in [3.63, 3.8) is 0 Å². The number of rotatable bonds is 1. The highest BCUT2D eigenvalue weighted by molar-refractivity contribution is 5.21. The van der Waals surface area contributed by atoms with Gasteiger partial charge in [0.15, 0.2) is 0 Å². The van der Waals surface area contributed by atoms with Crippen LogP contribution in [0.4, 0.5) is 0 Å². The van der Waals surface area contributed by atoms with E-state index in [1.807, 2.05) is 0 Å². The highest BCUT2D eigenvalue weighted by atomic mass is 14.9. The Morgan fingerprint density at radius 2 is 2.08 bits per heavy atom. The second-order valence-corrected chi connectivity index (χ2v) is 3.29. The normalized spacial score (nSPS) is 23.2. The maximum Gasteiger partial charge on any atom is 0.138 e. The minimum absolute atomic E-state index is 0.694. The topological polar surface area (TPSA) is 12.0 Å². The van der Waals surface area contributed by atoms with Crippen LogP contribution in [0.15, 0.2) is 30.3 Å². The lowest BCUT2D eigenvalue weighted by Crippen LogP contribution is -2.28. The Morgan fingerprint density at radius 1 is 1.25 bits per heavy atom. The van der Waals surface area contributed by atoms with Crippen molar-refractivity contribution in [2.24, 2.45) is 0 Å². The maximum atomic E-state index is 3.38. The summed E-state index contributed by atoms with van der Waals surface area (Å²) in [4.78, 5) is 0. The molecule has 1 heteroatoms. The van der Waals surface area contributed by atoms with Crippen molar-refractivity contribution >= 4 is 0 Å². The van der Waals surface area contributed by atoms with E-state index >= 15 is 0 Å². The fraction of sp³-hybridized carbons (Fsp3) is 0.364. The fourth-order valence-corrected chi connectivity index (χ4v) is 1.71. The molecule has 1 nitrogen and oxygen atoms in total. The molecule has 1 unspecified atom stereocenters. The molecule has 1 aliphatic heterocycles. The van der Waals surface area contributed by atoms with Gasteiger partial charge in [-0.3, -0.25) is 5.32 Å². The standard InChI is InChI=1S/C11H14N/c1-2-5-10(6-3-1)11-7-4-8-12-9-11/h1-6,11-12H,7-9H2/q+1. The highest BCUT2D eigenvalue weighted by Crippen LogP contribution is 2.21. The van der Waals surface area contributed by atoms with E-state index in [2.05, 4.69) is 42.1 Å². The first kappa shape index (κ1) is 7.69. The van der Waals surface area contributed by atoms with Crippen LogP contribution in [-0.2, 0) is 0 Å². The summed E-state index contributed by atoms with van der Waals surface area (Å²) >= 11 is 0. The van der Waals surface area contributed by atoms with Crippen LogP contribution >= 0.6 is 0 Å². The van der Waals surface area contributed by atoms with Gasteiger partial charge in [-0.15, -0.1) is 0 Å². The van der Waals surface area contributed by atoms with Crippen LogP contribution in [0.25, 0.3) is 0 Å². The molecule has 0 bridgehead atoms. The molecular formula is C11H14N+. The van der Waals surface area contributed by atoms with Crippen molar-refractivity contribution in [2.45, 2.75) is 12.3 Å². The molecule has 1 aliphatic rings. The van der Waals surface area contributed by atoms with Crippen molar-refractivity contribution in [3.8, 4) is 0 Å². The largest absolute Gasteiger partial charge is 0.278 e. The van der Waals surface area contributed by atoms with Gasteiger partial charge in [-0.25, -0.2) is 0 Å². The van der Waals surface area contributed by atoms with E-state index < -0.39 is 0 Å². The van der Waals surface area contributed by atoms with Crippen LogP contribution < -0.4 is 5.32 Å². The smallest absolute Gasteiger partial charge is 0.138 e. The second kappa shape index (κ2) is 3.63. The Bertz CT molecular complexity index is 224. The molecule has 1 saturated heterocycles. The van der Waals surface area contributed by atoms with Crippen molar-refractivity contribution in [2.75, 3.05) is 13.1 Å². The van der Waals surface area contributed by atoms with E-state index in [1.54, 1.807) is 0 Å². The van der Waals surface area contributed by atoms with Gasteiger partial charge >= 0.3 is 0 Å². The molecule has 0 saturated carbocycles. The predicted molar refractivity (Wildman–Crippen MR) is 51.0 cm³/mol. The molecule has 62 valence electrons. The van der Waals surface area contributed by atoms with E-state index in [-0.39, 0.29) is 0 Å². The fourth-order valence-electron chi connectivity index (χ4n) is 1.71. The van der Waals surface area contributed by atoms with Crippen LogP contribution in [-0.4, -0.2) is 13.1 Å². The van der Waals surface area contributed by atoms with Gasteiger partial charge in [0.2, 0.25) is 0 Å².